The first-order valence-electron chi connectivity index (χ1n) is 9.08. The van der Waals surface area contributed by atoms with Gasteiger partial charge in [0, 0.05) is 24.5 Å². The summed E-state index contributed by atoms with van der Waals surface area (Å²) in [4.78, 5) is 26.0. The van der Waals surface area contributed by atoms with Gasteiger partial charge in [-0.15, -0.1) is 0 Å². The highest BCUT2D eigenvalue weighted by molar-refractivity contribution is 5.94. The number of carbonyl (C=O) groups is 2. The van der Waals surface area contributed by atoms with Crippen molar-refractivity contribution in [2.75, 3.05) is 23.3 Å². The second-order valence-electron chi connectivity index (χ2n) is 6.27. The zero-order chi connectivity index (χ0) is 19.8. The van der Waals surface area contributed by atoms with Gasteiger partial charge >= 0.3 is 5.97 Å². The summed E-state index contributed by atoms with van der Waals surface area (Å²) in [6, 6.07) is 8.31. The lowest BCUT2D eigenvalue weighted by atomic mass is 10.1. The summed E-state index contributed by atoms with van der Waals surface area (Å²) in [6.45, 7) is 8.17. The van der Waals surface area contributed by atoms with Crippen LogP contribution in [-0.2, 0) is 16.1 Å². The molecule has 0 bridgehead atoms. The largest absolute Gasteiger partial charge is 0.480 e. The second-order valence-corrected chi connectivity index (χ2v) is 6.27. The lowest BCUT2D eigenvalue weighted by Gasteiger charge is -2.22. The van der Waals surface area contributed by atoms with Crippen molar-refractivity contribution in [1.29, 1.82) is 0 Å². The molecule has 1 heterocycles. The summed E-state index contributed by atoms with van der Waals surface area (Å²) >= 11 is 0. The second kappa shape index (κ2) is 9.78. The van der Waals surface area contributed by atoms with Crippen molar-refractivity contribution in [2.45, 2.75) is 39.8 Å². The standard InChI is InChI=1S/C20H27N3O4/c1-4-23(5-2)15-8-9-17(14(3)11-15)22-19(24)12-18(20(25)26)21-13-16-7-6-10-27-16/h6-11,18,21H,4-5,12-13H2,1-3H3,(H,22,24)(H,25,26). The van der Waals surface area contributed by atoms with Gasteiger partial charge in [-0.3, -0.25) is 14.9 Å². The van der Waals surface area contributed by atoms with E-state index in [0.717, 1.165) is 24.3 Å². The van der Waals surface area contributed by atoms with Crippen molar-refractivity contribution in [3.63, 3.8) is 0 Å². The van der Waals surface area contributed by atoms with Crippen molar-refractivity contribution < 1.29 is 19.1 Å². The van der Waals surface area contributed by atoms with Crippen LogP contribution in [0.3, 0.4) is 0 Å². The number of rotatable bonds is 10. The number of aliphatic carboxylic acids is 1. The van der Waals surface area contributed by atoms with E-state index in [9.17, 15) is 14.7 Å². The Morgan fingerprint density at radius 1 is 1.22 bits per heavy atom. The Hall–Kier alpha value is -2.80. The van der Waals surface area contributed by atoms with Crippen LogP contribution in [0.15, 0.2) is 41.0 Å². The number of carboxylic acids is 1. The van der Waals surface area contributed by atoms with Gasteiger partial charge in [-0.2, -0.15) is 0 Å². The SMILES string of the molecule is CCN(CC)c1ccc(NC(=O)CC(NCc2ccco2)C(=O)O)c(C)c1. The van der Waals surface area contributed by atoms with Crippen LogP contribution in [0, 0.1) is 6.92 Å². The fourth-order valence-corrected chi connectivity index (χ4v) is 2.84. The van der Waals surface area contributed by atoms with Gasteiger partial charge in [0.15, 0.2) is 0 Å². The minimum atomic E-state index is -1.08. The van der Waals surface area contributed by atoms with Crippen LogP contribution >= 0.6 is 0 Å². The molecule has 0 spiro atoms. The first kappa shape index (κ1) is 20.5. The van der Waals surface area contributed by atoms with E-state index in [1.807, 2.05) is 25.1 Å². The fourth-order valence-electron chi connectivity index (χ4n) is 2.84. The number of nitrogens with one attached hydrogen (secondary N) is 2. The van der Waals surface area contributed by atoms with Crippen LogP contribution in [0.4, 0.5) is 11.4 Å². The third kappa shape index (κ3) is 5.86. The molecule has 27 heavy (non-hydrogen) atoms. The number of aryl methyl sites for hydroxylation is 1. The van der Waals surface area contributed by atoms with Crippen LogP contribution in [0.5, 0.6) is 0 Å². The highest BCUT2D eigenvalue weighted by Crippen LogP contribution is 2.23. The number of benzene rings is 1. The summed E-state index contributed by atoms with van der Waals surface area (Å²) in [5.41, 5.74) is 2.72. The van der Waals surface area contributed by atoms with Crippen molar-refractivity contribution in [3.8, 4) is 0 Å². The maximum Gasteiger partial charge on any atom is 0.321 e. The van der Waals surface area contributed by atoms with E-state index in [0.29, 0.717) is 11.4 Å². The number of hydrogen-bond acceptors (Lipinski definition) is 5. The normalized spacial score (nSPS) is 11.8. The Morgan fingerprint density at radius 2 is 1.96 bits per heavy atom. The minimum absolute atomic E-state index is 0.173. The maximum atomic E-state index is 12.3. The molecule has 0 saturated carbocycles. The summed E-state index contributed by atoms with van der Waals surface area (Å²) in [5, 5.41) is 15.0. The summed E-state index contributed by atoms with van der Waals surface area (Å²) in [6.07, 6.45) is 1.34. The van der Waals surface area contributed by atoms with Crippen LogP contribution in [0.1, 0.15) is 31.6 Å². The van der Waals surface area contributed by atoms with Gasteiger partial charge in [0.1, 0.15) is 11.8 Å². The Morgan fingerprint density at radius 3 is 2.52 bits per heavy atom. The van der Waals surface area contributed by atoms with E-state index in [4.69, 9.17) is 4.42 Å². The zero-order valence-corrected chi connectivity index (χ0v) is 16.0. The molecule has 7 nitrogen and oxygen atoms in total. The summed E-state index contributed by atoms with van der Waals surface area (Å²) < 4.78 is 5.17. The molecule has 1 unspecified atom stereocenters. The van der Waals surface area contributed by atoms with E-state index >= 15 is 0 Å². The van der Waals surface area contributed by atoms with Crippen LogP contribution in [-0.4, -0.2) is 36.1 Å². The van der Waals surface area contributed by atoms with Gasteiger partial charge in [0.2, 0.25) is 5.91 Å². The molecule has 1 atom stereocenters. The third-order valence-electron chi connectivity index (χ3n) is 4.40. The average molecular weight is 373 g/mol. The van der Waals surface area contributed by atoms with Gasteiger partial charge in [-0.05, 0) is 56.7 Å². The Labute approximate surface area is 159 Å². The highest BCUT2D eigenvalue weighted by Gasteiger charge is 2.21. The third-order valence-corrected chi connectivity index (χ3v) is 4.40. The molecule has 3 N–H and O–H groups in total. The highest BCUT2D eigenvalue weighted by atomic mass is 16.4. The first-order chi connectivity index (χ1) is 12.9. The van der Waals surface area contributed by atoms with Crippen molar-refractivity contribution in [1.82, 2.24) is 5.32 Å². The zero-order valence-electron chi connectivity index (χ0n) is 16.0. The predicted octanol–water partition coefficient (Wildman–Crippen LogP) is 3.01. The smallest absolute Gasteiger partial charge is 0.321 e. The number of carbonyl (C=O) groups excluding carboxylic acids is 1. The van der Waals surface area contributed by atoms with Crippen LogP contribution < -0.4 is 15.5 Å². The Balaban J connectivity index is 1.97. The molecular formula is C20H27N3O4. The Kier molecular flexibility index (Phi) is 7.43. The quantitative estimate of drug-likeness (QED) is 0.593. The summed E-state index contributed by atoms with van der Waals surface area (Å²) in [7, 11) is 0. The molecule has 1 aromatic carbocycles. The van der Waals surface area contributed by atoms with Crippen LogP contribution in [0.25, 0.3) is 0 Å². The molecule has 1 aromatic heterocycles. The van der Waals surface area contributed by atoms with Crippen molar-refractivity contribution >= 4 is 23.3 Å². The van der Waals surface area contributed by atoms with Gasteiger partial charge in [0.05, 0.1) is 19.2 Å². The van der Waals surface area contributed by atoms with Gasteiger partial charge in [-0.1, -0.05) is 0 Å². The van der Waals surface area contributed by atoms with Gasteiger partial charge in [-0.25, -0.2) is 0 Å². The average Bonchev–Trinajstić information content (AvgIpc) is 3.15. The molecule has 0 aliphatic rings. The molecule has 146 valence electrons. The fraction of sp³-hybridized carbons (Fsp3) is 0.400. The molecule has 0 saturated heterocycles. The predicted molar refractivity (Wildman–Crippen MR) is 105 cm³/mol. The molecule has 0 aliphatic heterocycles. The first-order valence-corrected chi connectivity index (χ1v) is 9.08. The molecule has 1 amide bonds. The number of hydrogen-bond donors (Lipinski definition) is 3. The van der Waals surface area contributed by atoms with Crippen molar-refractivity contribution in [2.24, 2.45) is 0 Å². The molecular weight excluding hydrogens is 346 g/mol. The molecule has 2 rings (SSSR count). The maximum absolute atomic E-state index is 12.3. The van der Waals surface area contributed by atoms with Gasteiger partial charge in [0.25, 0.3) is 0 Å². The van der Waals surface area contributed by atoms with Crippen LogP contribution in [0.2, 0.25) is 0 Å². The molecule has 7 heteroatoms. The van der Waals surface area contributed by atoms with Crippen molar-refractivity contribution in [3.05, 3.63) is 47.9 Å². The monoisotopic (exact) mass is 373 g/mol. The number of carboxylic acid groups (broad SMARTS) is 1. The van der Waals surface area contributed by atoms with Gasteiger partial charge < -0.3 is 19.7 Å². The lowest BCUT2D eigenvalue weighted by Crippen LogP contribution is -2.39. The van der Waals surface area contributed by atoms with E-state index < -0.39 is 12.0 Å². The molecule has 0 aliphatic carbocycles. The van der Waals surface area contributed by atoms with E-state index in [1.165, 1.54) is 6.26 Å². The number of furan rings is 1. The van der Waals surface area contributed by atoms with E-state index in [-0.39, 0.29) is 18.9 Å². The summed E-state index contributed by atoms with van der Waals surface area (Å²) in [5.74, 6) is -0.817. The number of nitrogens with zero attached hydrogens (tertiary/aromatic N) is 1. The lowest BCUT2D eigenvalue weighted by molar-refractivity contribution is -0.141. The minimum Gasteiger partial charge on any atom is -0.480 e. The molecule has 2 aromatic rings. The van der Waals surface area contributed by atoms with E-state index in [1.54, 1.807) is 12.1 Å². The van der Waals surface area contributed by atoms with E-state index in [2.05, 4.69) is 29.4 Å². The molecule has 0 fully saturated rings. The number of anilines is 2. The Bertz CT molecular complexity index is 755. The number of amides is 1. The topological polar surface area (TPSA) is 94.8 Å². The molecule has 0 radical (unpaired) electrons.